The van der Waals surface area contributed by atoms with Gasteiger partial charge in [0.15, 0.2) is 0 Å². The molecule has 0 aliphatic carbocycles. The summed E-state index contributed by atoms with van der Waals surface area (Å²) >= 11 is 0. The van der Waals surface area contributed by atoms with Gasteiger partial charge in [0.25, 0.3) is 0 Å². The van der Waals surface area contributed by atoms with E-state index in [0.717, 1.165) is 29.8 Å². The molecule has 1 fully saturated rings. The summed E-state index contributed by atoms with van der Waals surface area (Å²) in [5.41, 5.74) is 2.80. The Balaban J connectivity index is 1.41. The maximum atomic E-state index is 12.2. The Kier molecular flexibility index (Phi) is 6.89. The van der Waals surface area contributed by atoms with E-state index in [1.54, 1.807) is 4.90 Å². The fourth-order valence-electron chi connectivity index (χ4n) is 3.15. The zero-order chi connectivity index (χ0) is 19.8. The van der Waals surface area contributed by atoms with Crippen molar-refractivity contribution in [3.63, 3.8) is 0 Å². The van der Waals surface area contributed by atoms with Gasteiger partial charge in [0, 0.05) is 36.9 Å². The molecule has 0 spiro atoms. The highest BCUT2D eigenvalue weighted by atomic mass is 16.6. The summed E-state index contributed by atoms with van der Waals surface area (Å²) in [7, 11) is 0. The standard InChI is InChI=1S/C22H27N3O3/c1-2-21(26)24-19-10-8-18(9-11-19)23-20-12-14-25(15-13-20)22(27)28-16-17-6-4-3-5-7-17/h3-11,20,23H,2,12-16H2,1H3,(H,24,26). The number of amides is 2. The molecule has 6 nitrogen and oxygen atoms in total. The van der Waals surface area contributed by atoms with Crippen LogP contribution in [0.2, 0.25) is 0 Å². The van der Waals surface area contributed by atoms with E-state index in [4.69, 9.17) is 4.74 Å². The van der Waals surface area contributed by atoms with Gasteiger partial charge in [-0.25, -0.2) is 4.79 Å². The third kappa shape index (κ3) is 5.74. The van der Waals surface area contributed by atoms with Crippen molar-refractivity contribution in [3.8, 4) is 0 Å². The van der Waals surface area contributed by atoms with Gasteiger partial charge in [-0.15, -0.1) is 0 Å². The Morgan fingerprint density at radius 2 is 1.64 bits per heavy atom. The fraction of sp³-hybridized carbons (Fsp3) is 0.364. The van der Waals surface area contributed by atoms with Crippen molar-refractivity contribution in [2.75, 3.05) is 23.7 Å². The molecule has 2 N–H and O–H groups in total. The monoisotopic (exact) mass is 381 g/mol. The molecule has 0 unspecified atom stereocenters. The van der Waals surface area contributed by atoms with Gasteiger partial charge in [-0.1, -0.05) is 37.3 Å². The summed E-state index contributed by atoms with van der Waals surface area (Å²) in [5.74, 6) is 0.00670. The van der Waals surface area contributed by atoms with Crippen LogP contribution in [0.5, 0.6) is 0 Å². The number of hydrogen-bond donors (Lipinski definition) is 2. The number of likely N-dealkylation sites (tertiary alicyclic amines) is 1. The number of hydrogen-bond acceptors (Lipinski definition) is 4. The lowest BCUT2D eigenvalue weighted by Gasteiger charge is -2.32. The Labute approximate surface area is 165 Å². The number of nitrogens with zero attached hydrogens (tertiary/aromatic N) is 1. The minimum absolute atomic E-state index is 0.00670. The van der Waals surface area contributed by atoms with Crippen LogP contribution in [0.3, 0.4) is 0 Å². The lowest BCUT2D eigenvalue weighted by Crippen LogP contribution is -2.42. The topological polar surface area (TPSA) is 70.7 Å². The molecule has 0 radical (unpaired) electrons. The molecule has 0 saturated carbocycles. The van der Waals surface area contributed by atoms with Crippen molar-refractivity contribution in [3.05, 3.63) is 60.2 Å². The summed E-state index contributed by atoms with van der Waals surface area (Å²) in [6, 6.07) is 17.7. The van der Waals surface area contributed by atoms with Gasteiger partial charge < -0.3 is 20.3 Å². The van der Waals surface area contributed by atoms with Crippen LogP contribution >= 0.6 is 0 Å². The SMILES string of the molecule is CCC(=O)Nc1ccc(NC2CCN(C(=O)OCc3ccccc3)CC2)cc1. The second-order valence-corrected chi connectivity index (χ2v) is 6.92. The quantitative estimate of drug-likeness (QED) is 0.785. The maximum absolute atomic E-state index is 12.2. The predicted octanol–water partition coefficient (Wildman–Crippen LogP) is 4.25. The van der Waals surface area contributed by atoms with Crippen LogP contribution in [0.4, 0.5) is 16.2 Å². The molecular formula is C22H27N3O3. The second-order valence-electron chi connectivity index (χ2n) is 6.92. The van der Waals surface area contributed by atoms with Crippen molar-refractivity contribution in [1.82, 2.24) is 4.90 Å². The number of benzene rings is 2. The third-order valence-corrected chi connectivity index (χ3v) is 4.82. The number of ether oxygens (including phenoxy) is 1. The first-order valence-corrected chi connectivity index (χ1v) is 9.76. The van der Waals surface area contributed by atoms with E-state index in [9.17, 15) is 9.59 Å². The van der Waals surface area contributed by atoms with Gasteiger partial charge in [0.1, 0.15) is 6.61 Å². The van der Waals surface area contributed by atoms with Crippen molar-refractivity contribution in [2.24, 2.45) is 0 Å². The molecule has 28 heavy (non-hydrogen) atoms. The van der Waals surface area contributed by atoms with Crippen LogP contribution in [-0.2, 0) is 16.1 Å². The van der Waals surface area contributed by atoms with E-state index < -0.39 is 0 Å². The molecule has 6 heteroatoms. The molecule has 0 atom stereocenters. The van der Waals surface area contributed by atoms with Crippen LogP contribution < -0.4 is 10.6 Å². The zero-order valence-corrected chi connectivity index (χ0v) is 16.2. The molecule has 2 amide bonds. The first-order chi connectivity index (χ1) is 13.6. The summed E-state index contributed by atoms with van der Waals surface area (Å²) < 4.78 is 5.41. The van der Waals surface area contributed by atoms with Gasteiger partial charge in [-0.3, -0.25) is 4.79 Å². The smallest absolute Gasteiger partial charge is 0.410 e. The van der Waals surface area contributed by atoms with E-state index >= 15 is 0 Å². The number of anilines is 2. The fourth-order valence-corrected chi connectivity index (χ4v) is 3.15. The van der Waals surface area contributed by atoms with Gasteiger partial charge in [-0.2, -0.15) is 0 Å². The summed E-state index contributed by atoms with van der Waals surface area (Å²) in [5, 5.41) is 6.34. The average molecular weight is 381 g/mol. The first-order valence-electron chi connectivity index (χ1n) is 9.76. The van der Waals surface area contributed by atoms with Gasteiger partial charge in [0.2, 0.25) is 5.91 Å². The normalized spacial score (nSPS) is 14.4. The molecule has 1 saturated heterocycles. The highest BCUT2D eigenvalue weighted by Gasteiger charge is 2.23. The number of nitrogens with one attached hydrogen (secondary N) is 2. The summed E-state index contributed by atoms with van der Waals surface area (Å²) in [4.78, 5) is 25.4. The van der Waals surface area contributed by atoms with Crippen molar-refractivity contribution >= 4 is 23.4 Å². The average Bonchev–Trinajstić information content (AvgIpc) is 2.74. The number of rotatable bonds is 6. The molecule has 1 heterocycles. The number of carbonyl (C=O) groups is 2. The predicted molar refractivity (Wildman–Crippen MR) is 110 cm³/mol. The Morgan fingerprint density at radius 3 is 2.29 bits per heavy atom. The molecule has 1 aliphatic rings. The molecule has 148 valence electrons. The Bertz CT molecular complexity index is 769. The summed E-state index contributed by atoms with van der Waals surface area (Å²) in [6.07, 6.45) is 1.95. The van der Waals surface area contributed by atoms with Crippen molar-refractivity contribution < 1.29 is 14.3 Å². The zero-order valence-electron chi connectivity index (χ0n) is 16.2. The lowest BCUT2D eigenvalue weighted by molar-refractivity contribution is -0.115. The molecule has 1 aliphatic heterocycles. The molecule has 0 bridgehead atoms. The van der Waals surface area contributed by atoms with Crippen molar-refractivity contribution in [1.29, 1.82) is 0 Å². The molecule has 2 aromatic carbocycles. The molecule has 2 aromatic rings. The van der Waals surface area contributed by atoms with Crippen LogP contribution in [0.1, 0.15) is 31.7 Å². The highest BCUT2D eigenvalue weighted by molar-refractivity contribution is 5.90. The van der Waals surface area contributed by atoms with E-state index in [0.29, 0.717) is 32.2 Å². The van der Waals surface area contributed by atoms with E-state index in [-0.39, 0.29) is 12.0 Å². The van der Waals surface area contributed by atoms with Crippen molar-refractivity contribution in [2.45, 2.75) is 38.8 Å². The number of piperidine rings is 1. The van der Waals surface area contributed by atoms with Crippen LogP contribution in [-0.4, -0.2) is 36.0 Å². The molecule has 3 rings (SSSR count). The van der Waals surface area contributed by atoms with Crippen LogP contribution in [0.15, 0.2) is 54.6 Å². The molecule has 0 aromatic heterocycles. The Hall–Kier alpha value is -3.02. The minimum Gasteiger partial charge on any atom is -0.445 e. The lowest BCUT2D eigenvalue weighted by atomic mass is 10.0. The summed E-state index contributed by atoms with van der Waals surface area (Å²) in [6.45, 7) is 3.49. The van der Waals surface area contributed by atoms with E-state index in [1.165, 1.54) is 0 Å². The Morgan fingerprint density at radius 1 is 1.00 bits per heavy atom. The third-order valence-electron chi connectivity index (χ3n) is 4.82. The molecular weight excluding hydrogens is 354 g/mol. The van der Waals surface area contributed by atoms with E-state index in [1.807, 2.05) is 61.5 Å². The van der Waals surface area contributed by atoms with Gasteiger partial charge >= 0.3 is 6.09 Å². The van der Waals surface area contributed by atoms with E-state index in [2.05, 4.69) is 10.6 Å². The first kappa shape index (κ1) is 19.7. The number of carbonyl (C=O) groups excluding carboxylic acids is 2. The van der Waals surface area contributed by atoms with Gasteiger partial charge in [0.05, 0.1) is 0 Å². The minimum atomic E-state index is -0.252. The van der Waals surface area contributed by atoms with Crippen LogP contribution in [0.25, 0.3) is 0 Å². The van der Waals surface area contributed by atoms with Crippen LogP contribution in [0, 0.1) is 0 Å². The largest absolute Gasteiger partial charge is 0.445 e. The highest BCUT2D eigenvalue weighted by Crippen LogP contribution is 2.19. The second kappa shape index (κ2) is 9.78. The maximum Gasteiger partial charge on any atom is 0.410 e. The van der Waals surface area contributed by atoms with Gasteiger partial charge in [-0.05, 0) is 42.7 Å².